The van der Waals surface area contributed by atoms with Crippen molar-refractivity contribution in [2.75, 3.05) is 12.3 Å². The summed E-state index contributed by atoms with van der Waals surface area (Å²) in [7, 11) is 0. The number of rotatable bonds is 8. The Hall–Kier alpha value is -4.69. The standard InChI is InChI=1S/C27H29N9O2/c1-17(36-11-3-2-10-25(36)26(37)38)21-9-5-8-20(32-21)15-31-16-24(35-30)23-13-22(33-27(29)34-23)19-7-4-6-18(12-19)14-28/h4-9,12-13,16-17,25H,2-3,10-11,15,30H2,1H3,(H,37,38)(H2,29,33,34)/t17-,25+/m0/s1. The molecule has 1 aliphatic rings. The predicted octanol–water partition coefficient (Wildman–Crippen LogP) is 2.93. The molecule has 0 radical (unpaired) electrons. The summed E-state index contributed by atoms with van der Waals surface area (Å²) in [5, 5.41) is 22.6. The number of hydrogen-bond donors (Lipinski definition) is 3. The second-order valence-corrected chi connectivity index (χ2v) is 8.99. The number of nitrogens with zero attached hydrogens (tertiary/aromatic N) is 7. The molecule has 3 heterocycles. The minimum Gasteiger partial charge on any atom is -0.480 e. The molecule has 2 aromatic heterocycles. The van der Waals surface area contributed by atoms with E-state index in [1.807, 2.05) is 36.1 Å². The molecule has 5 N–H and O–H groups in total. The number of carboxylic acids is 1. The Labute approximate surface area is 220 Å². The summed E-state index contributed by atoms with van der Waals surface area (Å²) in [5.41, 5.74) is 9.89. The van der Waals surface area contributed by atoms with Gasteiger partial charge in [0.05, 0.1) is 53.2 Å². The minimum absolute atomic E-state index is 0.0372. The fourth-order valence-corrected chi connectivity index (χ4v) is 4.56. The zero-order valence-corrected chi connectivity index (χ0v) is 21.0. The van der Waals surface area contributed by atoms with Crippen molar-refractivity contribution >= 4 is 23.8 Å². The second kappa shape index (κ2) is 12.0. The van der Waals surface area contributed by atoms with Crippen LogP contribution in [0, 0.1) is 11.3 Å². The van der Waals surface area contributed by atoms with Crippen molar-refractivity contribution in [1.29, 1.82) is 5.26 Å². The number of nitrogens with two attached hydrogens (primary N) is 2. The second-order valence-electron chi connectivity index (χ2n) is 8.99. The van der Waals surface area contributed by atoms with Gasteiger partial charge in [-0.15, -0.1) is 0 Å². The summed E-state index contributed by atoms with van der Waals surface area (Å²) in [6.07, 6.45) is 4.03. The van der Waals surface area contributed by atoms with E-state index in [4.69, 9.17) is 16.6 Å². The number of benzene rings is 1. The number of likely N-dealkylation sites (tertiary alicyclic amines) is 1. The first-order valence-electron chi connectivity index (χ1n) is 12.3. The number of nitrogen functional groups attached to an aromatic ring is 1. The van der Waals surface area contributed by atoms with Crippen LogP contribution in [0.4, 0.5) is 5.95 Å². The van der Waals surface area contributed by atoms with Gasteiger partial charge < -0.3 is 16.7 Å². The maximum absolute atomic E-state index is 11.7. The zero-order valence-electron chi connectivity index (χ0n) is 21.0. The molecular formula is C27H29N9O2. The molecule has 38 heavy (non-hydrogen) atoms. The fraction of sp³-hybridized carbons (Fsp3) is 0.296. The first-order valence-corrected chi connectivity index (χ1v) is 12.3. The molecule has 0 spiro atoms. The summed E-state index contributed by atoms with van der Waals surface area (Å²) in [5.74, 6) is 4.88. The summed E-state index contributed by atoms with van der Waals surface area (Å²) >= 11 is 0. The molecule has 0 saturated carbocycles. The van der Waals surface area contributed by atoms with E-state index < -0.39 is 12.0 Å². The summed E-state index contributed by atoms with van der Waals surface area (Å²) in [6, 6.07) is 15.8. The Bertz CT molecular complexity index is 1410. The van der Waals surface area contributed by atoms with Gasteiger partial charge in [-0.3, -0.25) is 19.7 Å². The van der Waals surface area contributed by atoms with E-state index >= 15 is 0 Å². The smallest absolute Gasteiger partial charge is 0.320 e. The van der Waals surface area contributed by atoms with Gasteiger partial charge in [0.25, 0.3) is 0 Å². The Morgan fingerprint density at radius 2 is 2.05 bits per heavy atom. The van der Waals surface area contributed by atoms with Gasteiger partial charge in [0.15, 0.2) is 0 Å². The Morgan fingerprint density at radius 1 is 1.24 bits per heavy atom. The van der Waals surface area contributed by atoms with Gasteiger partial charge in [-0.2, -0.15) is 10.4 Å². The Kier molecular flexibility index (Phi) is 8.35. The molecule has 3 aromatic rings. The lowest BCUT2D eigenvalue weighted by molar-refractivity contribution is -0.145. The van der Waals surface area contributed by atoms with Crippen molar-refractivity contribution in [2.45, 2.75) is 44.8 Å². The quantitative estimate of drug-likeness (QED) is 0.233. The molecule has 4 rings (SSSR count). The molecule has 1 saturated heterocycles. The fourth-order valence-electron chi connectivity index (χ4n) is 4.56. The van der Waals surface area contributed by atoms with Crippen molar-refractivity contribution in [1.82, 2.24) is 19.9 Å². The minimum atomic E-state index is -0.794. The number of pyridine rings is 1. The van der Waals surface area contributed by atoms with E-state index in [1.54, 1.807) is 24.3 Å². The first-order chi connectivity index (χ1) is 18.4. The molecule has 0 unspecified atom stereocenters. The molecule has 2 atom stereocenters. The number of hydrogen-bond acceptors (Lipinski definition) is 10. The highest BCUT2D eigenvalue weighted by Gasteiger charge is 2.32. The van der Waals surface area contributed by atoms with Crippen LogP contribution in [0.5, 0.6) is 0 Å². The van der Waals surface area contributed by atoms with Crippen molar-refractivity contribution in [3.63, 3.8) is 0 Å². The molecule has 0 bridgehead atoms. The van der Waals surface area contributed by atoms with Gasteiger partial charge in [0.2, 0.25) is 5.95 Å². The van der Waals surface area contributed by atoms with Gasteiger partial charge >= 0.3 is 5.97 Å². The Balaban J connectivity index is 1.50. The number of carboxylic acid groups (broad SMARTS) is 1. The largest absolute Gasteiger partial charge is 0.480 e. The van der Waals surface area contributed by atoms with E-state index in [2.05, 4.69) is 26.1 Å². The first kappa shape index (κ1) is 26.4. The lowest BCUT2D eigenvalue weighted by Gasteiger charge is -2.37. The van der Waals surface area contributed by atoms with Crippen LogP contribution in [0.3, 0.4) is 0 Å². The van der Waals surface area contributed by atoms with Crippen molar-refractivity contribution in [3.8, 4) is 17.3 Å². The number of aliphatic imine (C=N–C) groups is 1. The van der Waals surface area contributed by atoms with Crippen LogP contribution in [0.25, 0.3) is 11.3 Å². The third-order valence-electron chi connectivity index (χ3n) is 6.48. The number of piperidine rings is 1. The van der Waals surface area contributed by atoms with Crippen molar-refractivity contribution < 1.29 is 9.90 Å². The van der Waals surface area contributed by atoms with Crippen LogP contribution >= 0.6 is 0 Å². The van der Waals surface area contributed by atoms with E-state index in [-0.39, 0.29) is 18.5 Å². The highest BCUT2D eigenvalue weighted by Crippen LogP contribution is 2.28. The molecular weight excluding hydrogens is 482 g/mol. The predicted molar refractivity (Wildman–Crippen MR) is 144 cm³/mol. The highest BCUT2D eigenvalue weighted by molar-refractivity contribution is 6.37. The van der Waals surface area contributed by atoms with Crippen LogP contribution in [-0.4, -0.2) is 55.4 Å². The summed E-state index contributed by atoms with van der Waals surface area (Å²) in [6.45, 7) is 2.97. The molecule has 1 aromatic carbocycles. The Morgan fingerprint density at radius 3 is 2.82 bits per heavy atom. The number of carbonyl (C=O) groups is 1. The number of anilines is 1. The molecule has 0 amide bonds. The van der Waals surface area contributed by atoms with Gasteiger partial charge in [0, 0.05) is 5.56 Å². The van der Waals surface area contributed by atoms with E-state index in [0.717, 1.165) is 30.8 Å². The maximum Gasteiger partial charge on any atom is 0.320 e. The van der Waals surface area contributed by atoms with E-state index in [0.29, 0.717) is 34.6 Å². The van der Waals surface area contributed by atoms with E-state index in [1.165, 1.54) is 6.21 Å². The molecule has 0 aliphatic carbocycles. The third kappa shape index (κ3) is 6.16. The number of hydrazone groups is 1. The van der Waals surface area contributed by atoms with E-state index in [9.17, 15) is 15.2 Å². The average Bonchev–Trinajstić information content (AvgIpc) is 2.94. The topological polar surface area (TPSA) is 180 Å². The highest BCUT2D eigenvalue weighted by atomic mass is 16.4. The van der Waals surface area contributed by atoms with Crippen molar-refractivity contribution in [3.05, 3.63) is 71.2 Å². The van der Waals surface area contributed by atoms with Gasteiger partial charge in [-0.05, 0) is 56.6 Å². The lowest BCUT2D eigenvalue weighted by Crippen LogP contribution is -2.46. The SMILES string of the molecule is C[C@@H](c1cccc(CN=CC(=NN)c2cc(-c3cccc(C#N)c3)nc(N)n2)n1)N1CCCC[C@@H]1C(=O)O. The number of aliphatic carboxylic acids is 1. The lowest BCUT2D eigenvalue weighted by atomic mass is 9.99. The summed E-state index contributed by atoms with van der Waals surface area (Å²) in [4.78, 5) is 31.4. The van der Waals surface area contributed by atoms with Crippen LogP contribution in [0.2, 0.25) is 0 Å². The molecule has 194 valence electrons. The maximum atomic E-state index is 11.7. The van der Waals surface area contributed by atoms with Crippen molar-refractivity contribution in [2.24, 2.45) is 15.9 Å². The van der Waals surface area contributed by atoms with Gasteiger partial charge in [-0.25, -0.2) is 9.97 Å². The van der Waals surface area contributed by atoms with Crippen LogP contribution in [-0.2, 0) is 11.3 Å². The normalized spacial score (nSPS) is 17.3. The molecule has 11 heteroatoms. The van der Waals surface area contributed by atoms with Crippen LogP contribution in [0.1, 0.15) is 54.9 Å². The molecule has 11 nitrogen and oxygen atoms in total. The molecule has 1 fully saturated rings. The van der Waals surface area contributed by atoms with Crippen LogP contribution < -0.4 is 11.6 Å². The number of nitriles is 1. The van der Waals surface area contributed by atoms with Gasteiger partial charge in [0.1, 0.15) is 11.8 Å². The average molecular weight is 512 g/mol. The monoisotopic (exact) mass is 511 g/mol. The van der Waals surface area contributed by atoms with Crippen LogP contribution in [0.15, 0.2) is 58.6 Å². The molecule has 1 aliphatic heterocycles. The zero-order chi connectivity index (χ0) is 27.1. The van der Waals surface area contributed by atoms with Gasteiger partial charge in [-0.1, -0.05) is 24.6 Å². The summed E-state index contributed by atoms with van der Waals surface area (Å²) < 4.78 is 0. The third-order valence-corrected chi connectivity index (χ3v) is 6.48. The number of aromatic nitrogens is 3.